The number of primary amides is 1. The van der Waals surface area contributed by atoms with Gasteiger partial charge in [0.2, 0.25) is 0 Å². The molecule has 0 atom stereocenters. The van der Waals surface area contributed by atoms with E-state index in [4.69, 9.17) is 5.73 Å². The summed E-state index contributed by atoms with van der Waals surface area (Å²) in [5, 5.41) is 0. The van der Waals surface area contributed by atoms with Crippen molar-refractivity contribution in [2.24, 2.45) is 5.73 Å². The van der Waals surface area contributed by atoms with Gasteiger partial charge < -0.3 is 0 Å². The van der Waals surface area contributed by atoms with Crippen molar-refractivity contribution >= 4 is 27.9 Å². The first-order chi connectivity index (χ1) is 7.39. The first-order valence-electron chi connectivity index (χ1n) is 5.77. The first-order valence-corrected chi connectivity index (χ1v) is 15.8. The van der Waals surface area contributed by atoms with Crippen molar-refractivity contribution in [3.05, 3.63) is 29.8 Å². The molecule has 0 saturated heterocycles. The Balaban J connectivity index is 2.55. The summed E-state index contributed by atoms with van der Waals surface area (Å²) in [4.78, 5) is 17.8. The van der Waals surface area contributed by atoms with Crippen molar-refractivity contribution in [2.75, 3.05) is 0 Å². The van der Waals surface area contributed by atoms with Crippen molar-refractivity contribution in [3.63, 3.8) is 0 Å². The summed E-state index contributed by atoms with van der Waals surface area (Å²) >= 11 is -1.89. The Hall–Kier alpha value is -0.511. The van der Waals surface area contributed by atoms with Crippen LogP contribution < -0.4 is 9.31 Å². The molecule has 2 nitrogen and oxygen atoms in total. The second-order valence-electron chi connectivity index (χ2n) is 5.27. The van der Waals surface area contributed by atoms with E-state index < -0.39 is 18.4 Å². The summed E-state index contributed by atoms with van der Waals surface area (Å²) in [5.74, 6) is -0.206. The zero-order valence-corrected chi connectivity index (χ0v) is 13.3. The Morgan fingerprint density at radius 2 is 1.75 bits per heavy atom. The van der Waals surface area contributed by atoms with Gasteiger partial charge in [0, 0.05) is 0 Å². The third-order valence-electron chi connectivity index (χ3n) is 2.71. The molecule has 1 amide bonds. The number of nitrogens with two attached hydrogens (primary N) is 1. The van der Waals surface area contributed by atoms with Gasteiger partial charge in [0.25, 0.3) is 0 Å². The van der Waals surface area contributed by atoms with Gasteiger partial charge in [-0.1, -0.05) is 0 Å². The van der Waals surface area contributed by atoms with Crippen LogP contribution in [-0.4, -0.2) is 24.3 Å². The fourth-order valence-corrected chi connectivity index (χ4v) is 4.97. The maximum absolute atomic E-state index is 10.6. The fraction of sp³-hybridized carbons (Fsp3) is 0.462. The summed E-state index contributed by atoms with van der Waals surface area (Å²) in [7, 11) is 0. The Labute approximate surface area is 102 Å². The number of hydrogen-bond donors (Lipinski definition) is 1. The normalized spacial score (nSPS) is 11.4. The molecule has 16 heavy (non-hydrogen) atoms. The predicted molar refractivity (Wildman–Crippen MR) is 71.6 cm³/mol. The van der Waals surface area contributed by atoms with E-state index in [2.05, 4.69) is 39.1 Å². The Bertz CT molecular complexity index is 351. The number of aryl methyl sites for hydroxylation is 1. The maximum atomic E-state index is 10.6. The van der Waals surface area contributed by atoms with Gasteiger partial charge in [-0.15, -0.1) is 0 Å². The minimum absolute atomic E-state index is 0.206. The van der Waals surface area contributed by atoms with Gasteiger partial charge in [0.05, 0.1) is 0 Å². The SMILES string of the molecule is [CH3][Sn]([CH3])([CH3])[c]1ccc(CCCC(N)=O)cc1. The molecular formula is C13H21NOSn. The van der Waals surface area contributed by atoms with Gasteiger partial charge in [-0.2, -0.15) is 0 Å². The number of amides is 1. The van der Waals surface area contributed by atoms with Crippen molar-refractivity contribution in [1.82, 2.24) is 0 Å². The standard InChI is InChI=1S/C10H12NO.3CH3.Sn/c11-10(12)8-4-7-9-5-2-1-3-6-9;;;;/h2-3,5-6H,4,7-8H2,(H2,11,12);3*1H3;. The molecule has 1 aromatic carbocycles. The van der Waals surface area contributed by atoms with Gasteiger partial charge in [-0.3, -0.25) is 0 Å². The van der Waals surface area contributed by atoms with Crippen LogP contribution in [0.4, 0.5) is 0 Å². The van der Waals surface area contributed by atoms with Crippen LogP contribution in [0.5, 0.6) is 0 Å². The number of benzene rings is 1. The monoisotopic (exact) mass is 327 g/mol. The molecule has 0 saturated carbocycles. The Morgan fingerprint density at radius 1 is 1.19 bits per heavy atom. The molecule has 0 aliphatic rings. The number of hydrogen-bond acceptors (Lipinski definition) is 1. The first kappa shape index (κ1) is 13.6. The fourth-order valence-electron chi connectivity index (χ4n) is 1.64. The molecule has 0 aliphatic carbocycles. The van der Waals surface area contributed by atoms with Crippen molar-refractivity contribution < 1.29 is 4.79 Å². The second-order valence-corrected chi connectivity index (χ2v) is 19.8. The van der Waals surface area contributed by atoms with E-state index in [0.717, 1.165) is 12.8 Å². The van der Waals surface area contributed by atoms with E-state index >= 15 is 0 Å². The average molecular weight is 326 g/mol. The van der Waals surface area contributed by atoms with Crippen LogP contribution in [0.3, 0.4) is 0 Å². The average Bonchev–Trinajstić information content (AvgIpc) is 2.16. The van der Waals surface area contributed by atoms with Crippen LogP contribution in [0, 0.1) is 0 Å². The molecule has 1 aromatic rings. The minimum atomic E-state index is -1.89. The summed E-state index contributed by atoms with van der Waals surface area (Å²) in [6.07, 6.45) is 2.29. The summed E-state index contributed by atoms with van der Waals surface area (Å²) in [5.41, 5.74) is 6.41. The third-order valence-corrected chi connectivity index (χ3v) is 8.60. The molecule has 0 bridgehead atoms. The summed E-state index contributed by atoms with van der Waals surface area (Å²) in [6, 6.07) is 8.91. The van der Waals surface area contributed by atoms with E-state index in [1.165, 1.54) is 5.56 Å². The summed E-state index contributed by atoms with van der Waals surface area (Å²) in [6.45, 7) is 0. The third kappa shape index (κ3) is 4.56. The zero-order chi connectivity index (χ0) is 12.2. The van der Waals surface area contributed by atoms with E-state index in [1.807, 2.05) is 0 Å². The van der Waals surface area contributed by atoms with Crippen molar-refractivity contribution in [3.8, 4) is 0 Å². The van der Waals surface area contributed by atoms with Crippen LogP contribution in [0.15, 0.2) is 24.3 Å². The summed E-state index contributed by atoms with van der Waals surface area (Å²) < 4.78 is 1.55. The molecule has 0 heterocycles. The molecule has 1 rings (SSSR count). The van der Waals surface area contributed by atoms with Crippen LogP contribution in [0.2, 0.25) is 14.8 Å². The quantitative estimate of drug-likeness (QED) is 0.827. The van der Waals surface area contributed by atoms with Crippen LogP contribution >= 0.6 is 0 Å². The van der Waals surface area contributed by atoms with E-state index in [1.54, 1.807) is 3.58 Å². The van der Waals surface area contributed by atoms with Gasteiger partial charge in [-0.05, 0) is 0 Å². The topological polar surface area (TPSA) is 43.1 Å². The van der Waals surface area contributed by atoms with Gasteiger partial charge in [0.15, 0.2) is 0 Å². The molecule has 0 radical (unpaired) electrons. The Kier molecular flexibility index (Phi) is 4.84. The van der Waals surface area contributed by atoms with Crippen LogP contribution in [-0.2, 0) is 11.2 Å². The number of rotatable bonds is 5. The predicted octanol–water partition coefficient (Wildman–Crippen LogP) is 2.04. The molecule has 0 unspecified atom stereocenters. The van der Waals surface area contributed by atoms with E-state index in [9.17, 15) is 4.79 Å². The van der Waals surface area contributed by atoms with Crippen molar-refractivity contribution in [1.29, 1.82) is 0 Å². The van der Waals surface area contributed by atoms with E-state index in [-0.39, 0.29) is 5.91 Å². The molecule has 0 aromatic heterocycles. The molecule has 0 aliphatic heterocycles. The molecule has 0 fully saturated rings. The molecule has 3 heteroatoms. The number of carbonyl (C=O) groups is 1. The zero-order valence-electron chi connectivity index (χ0n) is 10.4. The second kappa shape index (κ2) is 5.71. The number of carbonyl (C=O) groups excluding carboxylic acids is 1. The van der Waals surface area contributed by atoms with Gasteiger partial charge in [0.1, 0.15) is 0 Å². The Morgan fingerprint density at radius 3 is 2.19 bits per heavy atom. The van der Waals surface area contributed by atoms with Crippen molar-refractivity contribution in [2.45, 2.75) is 34.1 Å². The van der Waals surface area contributed by atoms with Gasteiger partial charge >= 0.3 is 102 Å². The molecule has 88 valence electrons. The molecule has 0 spiro atoms. The van der Waals surface area contributed by atoms with Gasteiger partial charge in [-0.25, -0.2) is 0 Å². The molecular weight excluding hydrogens is 305 g/mol. The van der Waals surface area contributed by atoms with E-state index in [0.29, 0.717) is 6.42 Å². The van der Waals surface area contributed by atoms with Crippen LogP contribution in [0.25, 0.3) is 0 Å². The molecule has 2 N–H and O–H groups in total. The van der Waals surface area contributed by atoms with Crippen LogP contribution in [0.1, 0.15) is 18.4 Å².